The van der Waals surface area contributed by atoms with E-state index in [2.05, 4.69) is 0 Å². The molecular formula is C8H13N3O. The Hall–Kier alpha value is -1.29. The summed E-state index contributed by atoms with van der Waals surface area (Å²) >= 11 is 0. The molecule has 0 atom stereocenters. The second-order valence-electron chi connectivity index (χ2n) is 2.67. The van der Waals surface area contributed by atoms with Crippen molar-refractivity contribution in [1.29, 1.82) is 0 Å². The van der Waals surface area contributed by atoms with Gasteiger partial charge in [-0.05, 0) is 12.6 Å². The molecule has 1 rings (SSSR count). The minimum atomic E-state index is -0.0485. The Morgan fingerprint density at radius 3 is 2.75 bits per heavy atom. The van der Waals surface area contributed by atoms with Gasteiger partial charge in [0.05, 0.1) is 5.69 Å². The second kappa shape index (κ2) is 3.40. The number of aromatic nitrogens is 1. The molecule has 4 nitrogen and oxygen atoms in total. The number of rotatable bonds is 2. The minimum absolute atomic E-state index is 0.0485. The van der Waals surface area contributed by atoms with Crippen molar-refractivity contribution < 1.29 is 0 Å². The molecule has 0 aliphatic heterocycles. The van der Waals surface area contributed by atoms with Gasteiger partial charge in [0.25, 0.3) is 5.56 Å². The molecule has 1 heterocycles. The standard InChI is InChI=1S/C8H13N3O/c1-11-7(4-5-9)6(10)2-3-8(11)12/h2-3H,4-5,9-10H2,1H3. The predicted octanol–water partition coefficient (Wildman–Crippen LogP) is -0.531. The van der Waals surface area contributed by atoms with Crippen molar-refractivity contribution in [2.45, 2.75) is 6.42 Å². The van der Waals surface area contributed by atoms with Gasteiger partial charge in [0, 0.05) is 25.2 Å². The van der Waals surface area contributed by atoms with Gasteiger partial charge in [-0.3, -0.25) is 4.79 Å². The molecule has 1 aromatic rings. The summed E-state index contributed by atoms with van der Waals surface area (Å²) in [5.74, 6) is 0. The summed E-state index contributed by atoms with van der Waals surface area (Å²) in [5.41, 5.74) is 12.4. The van der Waals surface area contributed by atoms with E-state index in [1.54, 1.807) is 13.1 Å². The summed E-state index contributed by atoms with van der Waals surface area (Å²) in [6, 6.07) is 3.07. The molecule has 0 unspecified atom stereocenters. The van der Waals surface area contributed by atoms with Crippen LogP contribution in [0.3, 0.4) is 0 Å². The first kappa shape index (κ1) is 8.80. The van der Waals surface area contributed by atoms with E-state index in [1.165, 1.54) is 10.6 Å². The van der Waals surface area contributed by atoms with Crippen LogP contribution in [-0.4, -0.2) is 11.1 Å². The maximum Gasteiger partial charge on any atom is 0.250 e. The fourth-order valence-electron chi connectivity index (χ4n) is 1.14. The van der Waals surface area contributed by atoms with Gasteiger partial charge in [-0.25, -0.2) is 0 Å². The van der Waals surface area contributed by atoms with Crippen molar-refractivity contribution >= 4 is 5.69 Å². The zero-order chi connectivity index (χ0) is 9.14. The molecule has 0 saturated carbocycles. The van der Waals surface area contributed by atoms with Crippen LogP contribution in [0.4, 0.5) is 5.69 Å². The lowest BCUT2D eigenvalue weighted by Crippen LogP contribution is -2.22. The Labute approximate surface area is 70.8 Å². The Morgan fingerprint density at radius 1 is 1.50 bits per heavy atom. The first-order valence-electron chi connectivity index (χ1n) is 3.81. The third kappa shape index (κ3) is 1.48. The summed E-state index contributed by atoms with van der Waals surface area (Å²) < 4.78 is 1.53. The molecule has 0 saturated heterocycles. The van der Waals surface area contributed by atoms with Crippen LogP contribution in [-0.2, 0) is 13.5 Å². The second-order valence-corrected chi connectivity index (χ2v) is 2.67. The van der Waals surface area contributed by atoms with Crippen LogP contribution in [0.1, 0.15) is 5.69 Å². The maximum absolute atomic E-state index is 11.1. The molecule has 12 heavy (non-hydrogen) atoms. The SMILES string of the molecule is Cn1c(CCN)c(N)ccc1=O. The van der Waals surface area contributed by atoms with Crippen molar-refractivity contribution in [3.05, 3.63) is 28.2 Å². The van der Waals surface area contributed by atoms with Crippen LogP contribution >= 0.6 is 0 Å². The molecule has 0 spiro atoms. The van der Waals surface area contributed by atoms with Gasteiger partial charge >= 0.3 is 0 Å². The molecule has 0 aromatic carbocycles. The highest BCUT2D eigenvalue weighted by molar-refractivity contribution is 5.42. The molecular weight excluding hydrogens is 154 g/mol. The fraction of sp³-hybridized carbons (Fsp3) is 0.375. The summed E-state index contributed by atoms with van der Waals surface area (Å²) in [6.07, 6.45) is 0.637. The number of nitrogens with two attached hydrogens (primary N) is 2. The Kier molecular flexibility index (Phi) is 2.50. The molecule has 0 fully saturated rings. The number of nitrogens with zero attached hydrogens (tertiary/aromatic N) is 1. The molecule has 0 aliphatic carbocycles. The third-order valence-electron chi connectivity index (χ3n) is 1.86. The number of hydrogen-bond acceptors (Lipinski definition) is 3. The zero-order valence-corrected chi connectivity index (χ0v) is 7.08. The van der Waals surface area contributed by atoms with Crippen molar-refractivity contribution in [2.24, 2.45) is 12.8 Å². The van der Waals surface area contributed by atoms with Gasteiger partial charge in [-0.1, -0.05) is 0 Å². The molecule has 0 aliphatic rings. The summed E-state index contributed by atoms with van der Waals surface area (Å²) in [7, 11) is 1.70. The molecule has 1 aromatic heterocycles. The largest absolute Gasteiger partial charge is 0.397 e. The van der Waals surface area contributed by atoms with Gasteiger partial charge < -0.3 is 16.0 Å². The number of anilines is 1. The Morgan fingerprint density at radius 2 is 2.17 bits per heavy atom. The van der Waals surface area contributed by atoms with E-state index in [4.69, 9.17) is 11.5 Å². The number of pyridine rings is 1. The van der Waals surface area contributed by atoms with Gasteiger partial charge in [-0.2, -0.15) is 0 Å². The summed E-state index contributed by atoms with van der Waals surface area (Å²) in [5, 5.41) is 0. The van der Waals surface area contributed by atoms with Gasteiger partial charge in [0.2, 0.25) is 0 Å². The first-order chi connectivity index (χ1) is 5.66. The van der Waals surface area contributed by atoms with Crippen LogP contribution in [0.25, 0.3) is 0 Å². The van der Waals surface area contributed by atoms with Crippen molar-refractivity contribution in [1.82, 2.24) is 4.57 Å². The van der Waals surface area contributed by atoms with Gasteiger partial charge in [0.1, 0.15) is 0 Å². The Bertz CT molecular complexity index is 330. The minimum Gasteiger partial charge on any atom is -0.397 e. The van der Waals surface area contributed by atoms with E-state index in [9.17, 15) is 4.79 Å². The fourth-order valence-corrected chi connectivity index (χ4v) is 1.14. The van der Waals surface area contributed by atoms with E-state index < -0.39 is 0 Å². The van der Waals surface area contributed by atoms with Crippen LogP contribution in [0.5, 0.6) is 0 Å². The van der Waals surface area contributed by atoms with E-state index in [0.717, 1.165) is 5.69 Å². The molecule has 66 valence electrons. The third-order valence-corrected chi connectivity index (χ3v) is 1.86. The molecule has 0 bridgehead atoms. The van der Waals surface area contributed by atoms with Crippen molar-refractivity contribution in [3.63, 3.8) is 0 Å². The Balaban J connectivity index is 3.23. The lowest BCUT2D eigenvalue weighted by atomic mass is 10.2. The average molecular weight is 167 g/mol. The highest BCUT2D eigenvalue weighted by Gasteiger charge is 2.02. The monoisotopic (exact) mass is 167 g/mol. The van der Waals surface area contributed by atoms with Gasteiger partial charge in [0.15, 0.2) is 0 Å². The van der Waals surface area contributed by atoms with E-state index in [1.807, 2.05) is 0 Å². The normalized spacial score (nSPS) is 10.2. The van der Waals surface area contributed by atoms with Crippen molar-refractivity contribution in [3.8, 4) is 0 Å². The van der Waals surface area contributed by atoms with Crippen LogP contribution in [0, 0.1) is 0 Å². The maximum atomic E-state index is 11.1. The van der Waals surface area contributed by atoms with E-state index >= 15 is 0 Å². The summed E-state index contributed by atoms with van der Waals surface area (Å²) in [4.78, 5) is 11.1. The first-order valence-corrected chi connectivity index (χ1v) is 3.81. The van der Waals surface area contributed by atoms with Crippen molar-refractivity contribution in [2.75, 3.05) is 12.3 Å². The average Bonchev–Trinajstić information content (AvgIpc) is 2.06. The number of hydrogen-bond donors (Lipinski definition) is 2. The van der Waals surface area contributed by atoms with Crippen LogP contribution in [0.2, 0.25) is 0 Å². The predicted molar refractivity (Wildman–Crippen MR) is 48.9 cm³/mol. The highest BCUT2D eigenvalue weighted by atomic mass is 16.1. The number of nitrogen functional groups attached to an aromatic ring is 1. The molecule has 4 heteroatoms. The lowest BCUT2D eigenvalue weighted by Gasteiger charge is -2.08. The molecule has 4 N–H and O–H groups in total. The quantitative estimate of drug-likeness (QED) is 0.621. The van der Waals surface area contributed by atoms with E-state index in [-0.39, 0.29) is 5.56 Å². The lowest BCUT2D eigenvalue weighted by molar-refractivity contribution is 0.765. The summed E-state index contributed by atoms with van der Waals surface area (Å²) in [6.45, 7) is 0.501. The smallest absolute Gasteiger partial charge is 0.250 e. The van der Waals surface area contributed by atoms with Crippen LogP contribution in [0.15, 0.2) is 16.9 Å². The molecule has 0 amide bonds. The highest BCUT2D eigenvalue weighted by Crippen LogP contribution is 2.06. The zero-order valence-electron chi connectivity index (χ0n) is 7.08. The van der Waals surface area contributed by atoms with Crippen LogP contribution < -0.4 is 17.0 Å². The molecule has 0 radical (unpaired) electrons. The topological polar surface area (TPSA) is 74.0 Å². The van der Waals surface area contributed by atoms with Gasteiger partial charge in [-0.15, -0.1) is 0 Å². The van der Waals surface area contributed by atoms with E-state index in [0.29, 0.717) is 18.7 Å².